The van der Waals surface area contributed by atoms with Gasteiger partial charge in [-0.3, -0.25) is 14.6 Å². The molecule has 7 heteroatoms. The largest absolute Gasteiger partial charge is 0.383 e. The van der Waals surface area contributed by atoms with E-state index in [9.17, 15) is 9.59 Å². The minimum absolute atomic E-state index is 0.0203. The third-order valence-electron chi connectivity index (χ3n) is 4.74. The maximum atomic E-state index is 12.5. The first kappa shape index (κ1) is 20.3. The first-order valence-corrected chi connectivity index (χ1v) is 9.23. The van der Waals surface area contributed by atoms with Crippen LogP contribution in [-0.2, 0) is 20.9 Å². The molecule has 0 unspecified atom stereocenters. The number of likely N-dealkylation sites (N-methyl/N-ethyl adjacent to an activating group) is 1. The van der Waals surface area contributed by atoms with Crippen molar-refractivity contribution in [3.8, 4) is 0 Å². The van der Waals surface area contributed by atoms with Crippen LogP contribution < -0.4 is 10.6 Å². The van der Waals surface area contributed by atoms with E-state index in [1.807, 2.05) is 25.4 Å². The minimum atomic E-state index is -0.265. The molecule has 0 radical (unpaired) electrons. The average molecular weight is 362 g/mol. The summed E-state index contributed by atoms with van der Waals surface area (Å²) >= 11 is 0. The van der Waals surface area contributed by atoms with E-state index in [4.69, 9.17) is 4.74 Å². The lowest BCUT2D eigenvalue weighted by molar-refractivity contribution is -0.135. The summed E-state index contributed by atoms with van der Waals surface area (Å²) in [5.74, 6) is -0.295. The molecule has 2 heterocycles. The molecule has 2 amide bonds. The SMILES string of the molecule is COCCNC(=O)[C@@H]1CCC[C@@H](NCc2cccnc2)CN(C)C(=O)C1. The van der Waals surface area contributed by atoms with E-state index >= 15 is 0 Å². The molecule has 0 spiro atoms. The summed E-state index contributed by atoms with van der Waals surface area (Å²) in [5, 5.41) is 6.38. The van der Waals surface area contributed by atoms with Crippen molar-refractivity contribution in [2.75, 3.05) is 33.9 Å². The Morgan fingerprint density at radius 2 is 2.27 bits per heavy atom. The molecule has 0 saturated carbocycles. The predicted octanol–water partition coefficient (Wildman–Crippen LogP) is 0.951. The molecule has 1 aromatic heterocycles. The van der Waals surface area contributed by atoms with Crippen molar-refractivity contribution >= 4 is 11.8 Å². The van der Waals surface area contributed by atoms with Crippen molar-refractivity contribution < 1.29 is 14.3 Å². The van der Waals surface area contributed by atoms with E-state index in [-0.39, 0.29) is 30.2 Å². The normalized spacial score (nSPS) is 21.6. The van der Waals surface area contributed by atoms with Gasteiger partial charge in [0.1, 0.15) is 0 Å². The zero-order chi connectivity index (χ0) is 18.8. The zero-order valence-electron chi connectivity index (χ0n) is 15.7. The standard InChI is InChI=1S/C19H30N4O3/c1-23-14-17(22-13-15-5-4-8-20-12-15)7-3-6-16(11-18(23)24)19(25)21-9-10-26-2/h4-5,8,12,16-17,22H,3,6-7,9-11,13-14H2,1-2H3,(H,21,25)/t16-,17-/m1/s1. The Balaban J connectivity index is 1.89. The average Bonchev–Trinajstić information content (AvgIpc) is 2.71. The monoisotopic (exact) mass is 362 g/mol. The van der Waals surface area contributed by atoms with Crippen LogP contribution in [0.4, 0.5) is 0 Å². The van der Waals surface area contributed by atoms with Gasteiger partial charge in [0.2, 0.25) is 11.8 Å². The molecule has 1 fully saturated rings. The van der Waals surface area contributed by atoms with E-state index in [1.165, 1.54) is 0 Å². The third kappa shape index (κ3) is 6.72. The highest BCUT2D eigenvalue weighted by Gasteiger charge is 2.26. The van der Waals surface area contributed by atoms with E-state index in [0.717, 1.165) is 31.4 Å². The topological polar surface area (TPSA) is 83.6 Å². The van der Waals surface area contributed by atoms with Gasteiger partial charge >= 0.3 is 0 Å². The maximum absolute atomic E-state index is 12.5. The summed E-state index contributed by atoms with van der Waals surface area (Å²) in [6.45, 7) is 2.33. The van der Waals surface area contributed by atoms with Gasteiger partial charge in [0.25, 0.3) is 0 Å². The smallest absolute Gasteiger partial charge is 0.223 e. The lowest BCUT2D eigenvalue weighted by atomic mass is 9.96. The van der Waals surface area contributed by atoms with E-state index in [2.05, 4.69) is 15.6 Å². The van der Waals surface area contributed by atoms with Crippen LogP contribution in [0.2, 0.25) is 0 Å². The second-order valence-corrected chi connectivity index (χ2v) is 6.83. The van der Waals surface area contributed by atoms with Gasteiger partial charge in [0.15, 0.2) is 0 Å². The summed E-state index contributed by atoms with van der Waals surface area (Å²) in [4.78, 5) is 30.7. The quantitative estimate of drug-likeness (QED) is 0.706. The van der Waals surface area contributed by atoms with Crippen molar-refractivity contribution in [3.05, 3.63) is 30.1 Å². The number of nitrogens with one attached hydrogen (secondary N) is 2. The molecule has 26 heavy (non-hydrogen) atoms. The molecule has 1 aliphatic heterocycles. The van der Waals surface area contributed by atoms with Crippen LogP contribution in [0.1, 0.15) is 31.2 Å². The number of carbonyl (C=O) groups is 2. The molecular formula is C19H30N4O3. The Hall–Kier alpha value is -1.99. The van der Waals surface area contributed by atoms with Crippen molar-refractivity contribution in [1.82, 2.24) is 20.5 Å². The Kier molecular flexibility index (Phi) is 8.50. The molecule has 0 aromatic carbocycles. The van der Waals surface area contributed by atoms with Crippen molar-refractivity contribution in [3.63, 3.8) is 0 Å². The minimum Gasteiger partial charge on any atom is -0.383 e. The number of carbonyl (C=O) groups excluding carboxylic acids is 2. The number of aromatic nitrogens is 1. The number of rotatable bonds is 7. The molecule has 1 aliphatic rings. The van der Waals surface area contributed by atoms with Crippen molar-refractivity contribution in [1.29, 1.82) is 0 Å². The number of hydrogen-bond acceptors (Lipinski definition) is 5. The maximum Gasteiger partial charge on any atom is 0.223 e. The first-order valence-electron chi connectivity index (χ1n) is 9.23. The Bertz CT molecular complexity index is 567. The Morgan fingerprint density at radius 1 is 1.42 bits per heavy atom. The second kappa shape index (κ2) is 10.9. The van der Waals surface area contributed by atoms with Crippen molar-refractivity contribution in [2.45, 2.75) is 38.3 Å². The Morgan fingerprint density at radius 3 is 3.00 bits per heavy atom. The summed E-state index contributed by atoms with van der Waals surface area (Å²) < 4.78 is 4.96. The highest BCUT2D eigenvalue weighted by molar-refractivity contribution is 5.85. The molecule has 1 aromatic rings. The van der Waals surface area contributed by atoms with Crippen LogP contribution in [0, 0.1) is 5.92 Å². The zero-order valence-corrected chi connectivity index (χ0v) is 15.7. The van der Waals surface area contributed by atoms with E-state index in [0.29, 0.717) is 19.7 Å². The summed E-state index contributed by atoms with van der Waals surface area (Å²) in [7, 11) is 3.41. The fourth-order valence-corrected chi connectivity index (χ4v) is 3.18. The molecule has 2 rings (SSSR count). The van der Waals surface area contributed by atoms with Crippen LogP contribution in [0.5, 0.6) is 0 Å². The van der Waals surface area contributed by atoms with Crippen LogP contribution in [-0.4, -0.2) is 61.6 Å². The predicted molar refractivity (Wildman–Crippen MR) is 99.3 cm³/mol. The van der Waals surface area contributed by atoms with Gasteiger partial charge in [-0.15, -0.1) is 0 Å². The Labute approximate surface area is 155 Å². The number of ether oxygens (including phenoxy) is 1. The number of nitrogens with zero attached hydrogens (tertiary/aromatic N) is 2. The molecule has 0 bridgehead atoms. The highest BCUT2D eigenvalue weighted by atomic mass is 16.5. The number of pyridine rings is 1. The van der Waals surface area contributed by atoms with Gasteiger partial charge in [-0.1, -0.05) is 12.5 Å². The van der Waals surface area contributed by atoms with Gasteiger partial charge in [-0.05, 0) is 24.5 Å². The number of amides is 2. The van der Waals surface area contributed by atoms with Crippen molar-refractivity contribution in [2.24, 2.45) is 5.92 Å². The van der Waals surface area contributed by atoms with Crippen LogP contribution in [0.15, 0.2) is 24.5 Å². The summed E-state index contributed by atoms with van der Waals surface area (Å²) in [6.07, 6.45) is 6.44. The van der Waals surface area contributed by atoms with Crippen LogP contribution >= 0.6 is 0 Å². The molecule has 2 N–H and O–H groups in total. The molecule has 2 atom stereocenters. The fourth-order valence-electron chi connectivity index (χ4n) is 3.18. The van der Waals surface area contributed by atoms with Gasteiger partial charge in [0.05, 0.1) is 6.61 Å². The van der Waals surface area contributed by atoms with E-state index in [1.54, 1.807) is 18.2 Å². The molecule has 7 nitrogen and oxygen atoms in total. The molecule has 144 valence electrons. The molecule has 1 saturated heterocycles. The third-order valence-corrected chi connectivity index (χ3v) is 4.74. The highest BCUT2D eigenvalue weighted by Crippen LogP contribution is 2.19. The number of hydrogen-bond donors (Lipinski definition) is 2. The van der Waals surface area contributed by atoms with Gasteiger partial charge in [0, 0.05) is 64.6 Å². The van der Waals surface area contributed by atoms with E-state index < -0.39 is 0 Å². The van der Waals surface area contributed by atoms with Gasteiger partial charge < -0.3 is 20.3 Å². The van der Waals surface area contributed by atoms with Crippen LogP contribution in [0.3, 0.4) is 0 Å². The van der Waals surface area contributed by atoms with Crippen LogP contribution in [0.25, 0.3) is 0 Å². The lowest BCUT2D eigenvalue weighted by Gasteiger charge is -2.24. The number of methoxy groups -OCH3 is 1. The van der Waals surface area contributed by atoms with Gasteiger partial charge in [-0.2, -0.15) is 0 Å². The lowest BCUT2D eigenvalue weighted by Crippen LogP contribution is -2.42. The molecular weight excluding hydrogens is 332 g/mol. The fraction of sp³-hybridized carbons (Fsp3) is 0.632. The first-order chi connectivity index (χ1) is 12.6. The summed E-state index contributed by atoms with van der Waals surface area (Å²) in [5.41, 5.74) is 1.12. The second-order valence-electron chi connectivity index (χ2n) is 6.83. The summed E-state index contributed by atoms with van der Waals surface area (Å²) in [6, 6.07) is 4.16. The van der Waals surface area contributed by atoms with Gasteiger partial charge in [-0.25, -0.2) is 0 Å². The molecule has 0 aliphatic carbocycles.